The first-order valence-corrected chi connectivity index (χ1v) is 9.36. The zero-order valence-corrected chi connectivity index (χ0v) is 13.7. The molecular formula is C13H13NO8S2-2. The highest BCUT2D eigenvalue weighted by molar-refractivity contribution is 7.86. The van der Waals surface area contributed by atoms with E-state index in [9.17, 15) is 31.0 Å². The molecule has 24 heavy (non-hydrogen) atoms. The van der Waals surface area contributed by atoms with E-state index in [0.29, 0.717) is 11.8 Å². The molecule has 2 rings (SSSR count). The van der Waals surface area contributed by atoms with Gasteiger partial charge >= 0.3 is 0 Å². The Morgan fingerprint density at radius 2 is 1.71 bits per heavy atom. The maximum atomic E-state index is 11.3. The van der Waals surface area contributed by atoms with Crippen LogP contribution in [-0.2, 0) is 20.2 Å². The van der Waals surface area contributed by atoms with E-state index in [1.54, 1.807) is 0 Å². The minimum atomic E-state index is -5.00. The second-order valence-corrected chi connectivity index (χ2v) is 7.71. The van der Waals surface area contributed by atoms with Gasteiger partial charge < -0.3 is 24.6 Å². The van der Waals surface area contributed by atoms with E-state index in [0.717, 1.165) is 6.07 Å². The lowest BCUT2D eigenvalue weighted by atomic mass is 10.1. The molecule has 0 spiro atoms. The van der Waals surface area contributed by atoms with Gasteiger partial charge in [-0.2, -0.15) is 0 Å². The van der Waals surface area contributed by atoms with Gasteiger partial charge in [-0.15, -0.1) is 0 Å². The molecule has 0 amide bonds. The van der Waals surface area contributed by atoms with E-state index in [-0.39, 0.29) is 17.3 Å². The Labute approximate surface area is 138 Å². The number of aliphatic hydroxyl groups is 2. The summed E-state index contributed by atoms with van der Waals surface area (Å²) in [6, 6.07) is 5.50. The van der Waals surface area contributed by atoms with Crippen LogP contribution in [-0.4, -0.2) is 55.4 Å². The van der Waals surface area contributed by atoms with Gasteiger partial charge in [-0.1, -0.05) is 6.07 Å². The van der Waals surface area contributed by atoms with E-state index >= 15 is 0 Å². The summed E-state index contributed by atoms with van der Waals surface area (Å²) in [6.45, 7) is -0.494. The Bertz CT molecular complexity index is 969. The second kappa shape index (κ2) is 6.63. The summed E-state index contributed by atoms with van der Waals surface area (Å²) in [5.41, 5.74) is 0.365. The van der Waals surface area contributed by atoms with E-state index in [1.807, 2.05) is 0 Å². The average molecular weight is 375 g/mol. The summed E-state index contributed by atoms with van der Waals surface area (Å²) in [5, 5.41) is 20.8. The molecular weight excluding hydrogens is 362 g/mol. The molecule has 0 fully saturated rings. The molecule has 1 atom stereocenters. The van der Waals surface area contributed by atoms with Gasteiger partial charge in [0.2, 0.25) is 0 Å². The quantitative estimate of drug-likeness (QED) is 0.559. The third-order valence-electron chi connectivity index (χ3n) is 3.20. The fraction of sp³-hybridized carbons (Fsp3) is 0.231. The molecule has 11 heteroatoms. The van der Waals surface area contributed by atoms with Crippen molar-refractivity contribution in [2.24, 2.45) is 0 Å². The molecule has 0 bridgehead atoms. The smallest absolute Gasteiger partial charge is 0.125 e. The van der Waals surface area contributed by atoms with Crippen LogP contribution in [0.3, 0.4) is 0 Å². The highest BCUT2D eigenvalue weighted by atomic mass is 32.2. The zero-order chi connectivity index (χ0) is 18.1. The lowest BCUT2D eigenvalue weighted by molar-refractivity contribution is 0.105. The van der Waals surface area contributed by atoms with E-state index in [1.165, 1.54) is 18.2 Å². The Kier molecular flexibility index (Phi) is 5.13. The minimum Gasteiger partial charge on any atom is -0.744 e. The highest BCUT2D eigenvalue weighted by Gasteiger charge is 2.13. The van der Waals surface area contributed by atoms with E-state index in [4.69, 9.17) is 5.11 Å². The fourth-order valence-electron chi connectivity index (χ4n) is 2.07. The lowest BCUT2D eigenvalue weighted by Gasteiger charge is -2.16. The molecule has 1 unspecified atom stereocenters. The molecule has 0 aliphatic rings. The molecule has 2 aromatic carbocycles. The van der Waals surface area contributed by atoms with Crippen LogP contribution in [0.25, 0.3) is 10.8 Å². The molecule has 3 N–H and O–H groups in total. The van der Waals surface area contributed by atoms with Crippen LogP contribution in [0, 0.1) is 0 Å². The maximum Gasteiger partial charge on any atom is 0.125 e. The summed E-state index contributed by atoms with van der Waals surface area (Å²) >= 11 is 0. The Morgan fingerprint density at radius 1 is 1.04 bits per heavy atom. The van der Waals surface area contributed by atoms with Gasteiger partial charge in [0.25, 0.3) is 0 Å². The van der Waals surface area contributed by atoms with Crippen LogP contribution in [0.5, 0.6) is 0 Å². The SMILES string of the molecule is O=S(=O)([O-])c1cc(S(=O)(=O)[O-])c2ccc(NCC(O)CO)cc2c1. The van der Waals surface area contributed by atoms with Crippen molar-refractivity contribution < 1.29 is 36.2 Å². The number of hydrogen-bond donors (Lipinski definition) is 3. The second-order valence-electron chi connectivity index (χ2n) is 4.98. The molecule has 132 valence electrons. The minimum absolute atomic E-state index is 0.0196. The van der Waals surface area contributed by atoms with Crippen LogP contribution in [0.2, 0.25) is 0 Å². The largest absolute Gasteiger partial charge is 0.744 e. The summed E-state index contributed by atoms with van der Waals surface area (Å²) in [6.07, 6.45) is -1.04. The lowest BCUT2D eigenvalue weighted by Crippen LogP contribution is -2.22. The Morgan fingerprint density at radius 3 is 2.25 bits per heavy atom. The van der Waals surface area contributed by atoms with E-state index in [2.05, 4.69) is 5.32 Å². The molecule has 0 saturated carbocycles. The number of nitrogens with one attached hydrogen (secondary N) is 1. The molecule has 2 aromatic rings. The van der Waals surface area contributed by atoms with Crippen molar-refractivity contribution in [1.82, 2.24) is 0 Å². The van der Waals surface area contributed by atoms with E-state index < -0.39 is 42.7 Å². The van der Waals surface area contributed by atoms with Crippen LogP contribution in [0.4, 0.5) is 5.69 Å². The van der Waals surface area contributed by atoms with Crippen molar-refractivity contribution >= 4 is 36.7 Å². The summed E-state index contributed by atoms with van der Waals surface area (Å²) in [4.78, 5) is -1.65. The van der Waals surface area contributed by atoms with Gasteiger partial charge in [-0.25, -0.2) is 16.8 Å². The average Bonchev–Trinajstić information content (AvgIpc) is 2.49. The number of aliphatic hydroxyl groups excluding tert-OH is 2. The molecule has 0 radical (unpaired) electrons. The molecule has 0 aromatic heterocycles. The topological polar surface area (TPSA) is 167 Å². The number of fused-ring (bicyclic) bond motifs is 1. The third kappa shape index (κ3) is 4.20. The van der Waals surface area contributed by atoms with Crippen molar-refractivity contribution in [3.63, 3.8) is 0 Å². The molecule has 0 aliphatic heterocycles. The van der Waals surface area contributed by atoms with Gasteiger partial charge in [-0.05, 0) is 35.0 Å². The van der Waals surface area contributed by atoms with Crippen LogP contribution in [0.15, 0.2) is 40.1 Å². The number of anilines is 1. The van der Waals surface area contributed by atoms with Crippen molar-refractivity contribution in [2.75, 3.05) is 18.5 Å². The normalized spacial score (nSPS) is 13.8. The third-order valence-corrected chi connectivity index (χ3v) is 4.89. The maximum absolute atomic E-state index is 11.3. The predicted octanol–water partition coefficient (Wildman–Crippen LogP) is -0.587. The number of benzene rings is 2. The monoisotopic (exact) mass is 375 g/mol. The summed E-state index contributed by atoms with van der Waals surface area (Å²) in [7, 11) is -9.97. The number of rotatable bonds is 6. The van der Waals surface area contributed by atoms with Gasteiger partial charge in [-0.3, -0.25) is 0 Å². The molecule has 0 aliphatic carbocycles. The van der Waals surface area contributed by atoms with Crippen molar-refractivity contribution in [2.45, 2.75) is 15.9 Å². The first-order valence-electron chi connectivity index (χ1n) is 6.55. The van der Waals surface area contributed by atoms with Gasteiger partial charge in [0.1, 0.15) is 20.2 Å². The van der Waals surface area contributed by atoms with Gasteiger partial charge in [0.05, 0.1) is 22.5 Å². The summed E-state index contributed by atoms with van der Waals surface area (Å²) < 4.78 is 67.5. The van der Waals surface area contributed by atoms with Crippen LogP contribution < -0.4 is 5.32 Å². The first kappa shape index (κ1) is 18.6. The zero-order valence-electron chi connectivity index (χ0n) is 12.0. The van der Waals surface area contributed by atoms with Crippen LogP contribution in [0.1, 0.15) is 0 Å². The molecule has 0 saturated heterocycles. The van der Waals surface area contributed by atoms with Crippen molar-refractivity contribution in [1.29, 1.82) is 0 Å². The molecule has 9 nitrogen and oxygen atoms in total. The van der Waals surface area contributed by atoms with Crippen LogP contribution >= 0.6 is 0 Å². The first-order chi connectivity index (χ1) is 11.0. The predicted molar refractivity (Wildman–Crippen MR) is 81.5 cm³/mol. The number of hydrogen-bond acceptors (Lipinski definition) is 9. The van der Waals surface area contributed by atoms with Crippen molar-refractivity contribution in [3.8, 4) is 0 Å². The standard InChI is InChI=1S/C13H15NO8S2/c15-7-10(16)6-14-9-1-2-12-8(3-9)4-11(23(17,18)19)5-13(12)24(20,21)22/h1-5,10,14-16H,6-7H2,(H,17,18,19)(H,20,21,22)/p-2. The summed E-state index contributed by atoms with van der Waals surface area (Å²) in [5.74, 6) is 0. The fourth-order valence-corrected chi connectivity index (χ4v) is 3.40. The van der Waals surface area contributed by atoms with Gasteiger partial charge in [0, 0.05) is 12.2 Å². The Hall–Kier alpha value is -1.76. The van der Waals surface area contributed by atoms with Crippen molar-refractivity contribution in [3.05, 3.63) is 30.3 Å². The highest BCUT2D eigenvalue weighted by Crippen LogP contribution is 2.29. The molecule has 0 heterocycles. The Balaban J connectivity index is 2.62. The van der Waals surface area contributed by atoms with Gasteiger partial charge in [0.15, 0.2) is 0 Å².